The number of nitrogens with two attached hydrogens (primary N) is 1. The molecule has 3 nitrogen and oxygen atoms in total. The lowest BCUT2D eigenvalue weighted by Crippen LogP contribution is -2.14. The van der Waals surface area contributed by atoms with Crippen LogP contribution in [0.5, 0.6) is 0 Å². The second-order valence-corrected chi connectivity index (χ2v) is 5.92. The smallest absolute Gasteiger partial charge is 0.123 e. The van der Waals surface area contributed by atoms with Crippen LogP contribution in [0, 0.1) is 19.7 Å². The number of aromatic nitrogens is 2. The summed E-state index contributed by atoms with van der Waals surface area (Å²) < 4.78 is 13.0. The highest BCUT2D eigenvalue weighted by molar-refractivity contribution is 5.59. The minimum atomic E-state index is -0.250. The van der Waals surface area contributed by atoms with Gasteiger partial charge in [0.1, 0.15) is 5.82 Å². The van der Waals surface area contributed by atoms with Crippen molar-refractivity contribution in [2.24, 2.45) is 5.73 Å². The second kappa shape index (κ2) is 6.34. The van der Waals surface area contributed by atoms with Crippen LogP contribution in [0.15, 0.2) is 48.5 Å². The first-order chi connectivity index (χ1) is 11.1. The Morgan fingerprint density at radius 2 is 1.70 bits per heavy atom. The average molecular weight is 309 g/mol. The molecule has 3 N–H and O–H groups in total. The number of H-pyrrole nitrogens is 1. The van der Waals surface area contributed by atoms with Crippen molar-refractivity contribution in [2.45, 2.75) is 19.8 Å². The zero-order chi connectivity index (χ0) is 16.4. The number of rotatable bonds is 4. The summed E-state index contributed by atoms with van der Waals surface area (Å²) in [5.41, 5.74) is 12.3. The van der Waals surface area contributed by atoms with Gasteiger partial charge in [0, 0.05) is 23.7 Å². The van der Waals surface area contributed by atoms with Crippen LogP contribution < -0.4 is 5.73 Å². The van der Waals surface area contributed by atoms with E-state index in [9.17, 15) is 4.39 Å². The monoisotopic (exact) mass is 309 g/mol. The summed E-state index contributed by atoms with van der Waals surface area (Å²) in [4.78, 5) is 0. The molecule has 0 amide bonds. The van der Waals surface area contributed by atoms with Crippen LogP contribution in [0.1, 0.15) is 28.3 Å². The Morgan fingerprint density at radius 3 is 2.30 bits per heavy atom. The summed E-state index contributed by atoms with van der Waals surface area (Å²) in [6, 6.07) is 14.8. The van der Waals surface area contributed by atoms with Crippen molar-refractivity contribution in [3.05, 3.63) is 76.7 Å². The number of nitrogens with one attached hydrogen (secondary N) is 1. The van der Waals surface area contributed by atoms with E-state index in [1.54, 1.807) is 12.1 Å². The number of halogens is 1. The molecule has 3 aromatic rings. The lowest BCUT2D eigenvalue weighted by atomic mass is 9.92. The van der Waals surface area contributed by atoms with Gasteiger partial charge in [0.15, 0.2) is 0 Å². The topological polar surface area (TPSA) is 54.7 Å². The summed E-state index contributed by atoms with van der Waals surface area (Å²) in [5, 5.41) is 7.44. The molecule has 0 radical (unpaired) electrons. The molecular formula is C19H20FN3. The molecule has 0 saturated heterocycles. The van der Waals surface area contributed by atoms with Crippen LogP contribution in [-0.4, -0.2) is 16.7 Å². The minimum absolute atomic E-state index is 0.0651. The number of aromatic amines is 1. The maximum absolute atomic E-state index is 13.0. The fraction of sp³-hybridized carbons (Fsp3) is 0.211. The van der Waals surface area contributed by atoms with Crippen molar-refractivity contribution in [1.82, 2.24) is 10.2 Å². The van der Waals surface area contributed by atoms with Crippen LogP contribution in [0.4, 0.5) is 4.39 Å². The second-order valence-electron chi connectivity index (χ2n) is 5.92. The van der Waals surface area contributed by atoms with Crippen LogP contribution in [0.3, 0.4) is 0 Å². The van der Waals surface area contributed by atoms with Gasteiger partial charge < -0.3 is 5.73 Å². The molecule has 1 unspecified atom stereocenters. The quantitative estimate of drug-likeness (QED) is 0.767. The van der Waals surface area contributed by atoms with Crippen molar-refractivity contribution < 1.29 is 4.39 Å². The third-order valence-electron chi connectivity index (χ3n) is 4.00. The van der Waals surface area contributed by atoms with Crippen molar-refractivity contribution in [3.8, 4) is 11.3 Å². The van der Waals surface area contributed by atoms with Crippen molar-refractivity contribution in [3.63, 3.8) is 0 Å². The molecule has 2 aromatic carbocycles. The van der Waals surface area contributed by atoms with Gasteiger partial charge in [-0.3, -0.25) is 5.10 Å². The lowest BCUT2D eigenvalue weighted by Gasteiger charge is -2.15. The standard InChI is InChI=1S/C19H20FN3/c1-12-7-13(2)9-15(8-12)17(11-21)19-10-18(22-23-19)14-3-5-16(20)6-4-14/h3-10,17H,11,21H2,1-2H3,(H,22,23). The number of benzene rings is 2. The summed E-state index contributed by atoms with van der Waals surface area (Å²) in [5.74, 6) is -0.185. The summed E-state index contributed by atoms with van der Waals surface area (Å²) >= 11 is 0. The molecule has 3 rings (SSSR count). The SMILES string of the molecule is Cc1cc(C)cc(C(CN)c2cc(-c3ccc(F)cc3)n[nH]2)c1. The number of aryl methyl sites for hydroxylation is 2. The molecule has 0 bridgehead atoms. The highest BCUT2D eigenvalue weighted by Gasteiger charge is 2.16. The third-order valence-corrected chi connectivity index (χ3v) is 4.00. The molecule has 0 spiro atoms. The van der Waals surface area contributed by atoms with Crippen molar-refractivity contribution in [2.75, 3.05) is 6.54 Å². The number of hydrogen-bond donors (Lipinski definition) is 2. The first-order valence-corrected chi connectivity index (χ1v) is 7.66. The molecule has 0 saturated carbocycles. The van der Waals surface area contributed by atoms with Gasteiger partial charge in [-0.1, -0.05) is 29.3 Å². The van der Waals surface area contributed by atoms with E-state index in [2.05, 4.69) is 42.2 Å². The maximum Gasteiger partial charge on any atom is 0.123 e. The number of nitrogens with zero attached hydrogens (tertiary/aromatic N) is 1. The van der Waals surface area contributed by atoms with E-state index in [1.165, 1.54) is 28.8 Å². The van der Waals surface area contributed by atoms with E-state index < -0.39 is 0 Å². The predicted octanol–water partition coefficient (Wildman–Crippen LogP) is 3.92. The van der Waals surface area contributed by atoms with E-state index >= 15 is 0 Å². The van der Waals surface area contributed by atoms with E-state index in [0.717, 1.165) is 17.0 Å². The Morgan fingerprint density at radius 1 is 1.04 bits per heavy atom. The van der Waals surface area contributed by atoms with E-state index in [1.807, 2.05) is 6.07 Å². The number of hydrogen-bond acceptors (Lipinski definition) is 2. The fourth-order valence-corrected chi connectivity index (χ4v) is 2.94. The van der Waals surface area contributed by atoms with E-state index in [0.29, 0.717) is 6.54 Å². The third kappa shape index (κ3) is 3.32. The predicted molar refractivity (Wildman–Crippen MR) is 90.8 cm³/mol. The molecule has 1 atom stereocenters. The van der Waals surface area contributed by atoms with Crippen molar-refractivity contribution in [1.29, 1.82) is 0 Å². The largest absolute Gasteiger partial charge is 0.329 e. The summed E-state index contributed by atoms with van der Waals surface area (Å²) in [7, 11) is 0. The van der Waals surface area contributed by atoms with Crippen LogP contribution in [-0.2, 0) is 0 Å². The average Bonchev–Trinajstić information content (AvgIpc) is 2.97. The van der Waals surface area contributed by atoms with Crippen LogP contribution in [0.25, 0.3) is 11.3 Å². The molecule has 1 heterocycles. The van der Waals surface area contributed by atoms with Crippen LogP contribution >= 0.6 is 0 Å². The lowest BCUT2D eigenvalue weighted by molar-refractivity contribution is 0.628. The summed E-state index contributed by atoms with van der Waals surface area (Å²) in [6.45, 7) is 4.66. The van der Waals surface area contributed by atoms with Gasteiger partial charge >= 0.3 is 0 Å². The Hall–Kier alpha value is -2.46. The van der Waals surface area contributed by atoms with E-state index in [4.69, 9.17) is 5.73 Å². The van der Waals surface area contributed by atoms with Crippen molar-refractivity contribution >= 4 is 0 Å². The Bertz CT molecular complexity index is 785. The van der Waals surface area contributed by atoms with Gasteiger partial charge in [-0.25, -0.2) is 4.39 Å². The Labute approximate surface area is 135 Å². The van der Waals surface area contributed by atoms with Gasteiger partial charge in [-0.15, -0.1) is 0 Å². The minimum Gasteiger partial charge on any atom is -0.329 e. The zero-order valence-electron chi connectivity index (χ0n) is 13.3. The van der Waals surface area contributed by atoms with Gasteiger partial charge in [0.25, 0.3) is 0 Å². The van der Waals surface area contributed by atoms with Gasteiger partial charge in [-0.2, -0.15) is 5.10 Å². The summed E-state index contributed by atoms with van der Waals surface area (Å²) in [6.07, 6.45) is 0. The molecule has 23 heavy (non-hydrogen) atoms. The van der Waals surface area contributed by atoms with Crippen LogP contribution in [0.2, 0.25) is 0 Å². The maximum atomic E-state index is 13.0. The fourth-order valence-electron chi connectivity index (χ4n) is 2.94. The molecule has 0 aliphatic carbocycles. The molecule has 4 heteroatoms. The van der Waals surface area contributed by atoms with Gasteiger partial charge in [-0.05, 0) is 49.7 Å². The molecule has 0 fully saturated rings. The molecule has 0 aliphatic heterocycles. The van der Waals surface area contributed by atoms with Gasteiger partial charge in [0.2, 0.25) is 0 Å². The normalized spacial score (nSPS) is 12.3. The Kier molecular flexibility index (Phi) is 4.26. The molecular weight excluding hydrogens is 289 g/mol. The first-order valence-electron chi connectivity index (χ1n) is 7.66. The van der Waals surface area contributed by atoms with Gasteiger partial charge in [0.05, 0.1) is 5.69 Å². The molecule has 118 valence electrons. The molecule has 1 aromatic heterocycles. The highest BCUT2D eigenvalue weighted by Crippen LogP contribution is 2.27. The zero-order valence-corrected chi connectivity index (χ0v) is 13.3. The Balaban J connectivity index is 1.95. The van der Waals surface area contributed by atoms with E-state index in [-0.39, 0.29) is 11.7 Å². The molecule has 0 aliphatic rings. The first kappa shape index (κ1) is 15.4. The highest BCUT2D eigenvalue weighted by atomic mass is 19.1.